The number of halogens is 1. The van der Waals surface area contributed by atoms with E-state index in [2.05, 4.69) is 21.9 Å². The minimum Gasteiger partial charge on any atom is -0.363 e. The lowest BCUT2D eigenvalue weighted by Crippen LogP contribution is -2.40. The van der Waals surface area contributed by atoms with Gasteiger partial charge >= 0.3 is 0 Å². The fourth-order valence-electron chi connectivity index (χ4n) is 1.78. The second-order valence-electron chi connectivity index (χ2n) is 3.19. The highest BCUT2D eigenvalue weighted by molar-refractivity contribution is 9.09. The Morgan fingerprint density at radius 1 is 1.77 bits per heavy atom. The first-order chi connectivity index (χ1) is 6.24. The second kappa shape index (κ2) is 3.41. The number of ketones is 1. The molecule has 4 heteroatoms. The van der Waals surface area contributed by atoms with Crippen molar-refractivity contribution < 1.29 is 14.3 Å². The summed E-state index contributed by atoms with van der Waals surface area (Å²) < 4.78 is 10.8. The molecule has 0 unspecified atom stereocenters. The van der Waals surface area contributed by atoms with E-state index in [9.17, 15) is 4.79 Å². The Kier molecular flexibility index (Phi) is 2.41. The van der Waals surface area contributed by atoms with E-state index in [1.807, 2.05) is 0 Å². The number of rotatable bonds is 2. The van der Waals surface area contributed by atoms with E-state index < -0.39 is 6.10 Å². The predicted molar refractivity (Wildman–Crippen MR) is 49.6 cm³/mol. The molecule has 2 aliphatic rings. The van der Waals surface area contributed by atoms with E-state index >= 15 is 0 Å². The molecule has 0 radical (unpaired) electrons. The van der Waals surface area contributed by atoms with Gasteiger partial charge in [0.1, 0.15) is 18.8 Å². The number of Topliss-reactive ketones (excluding diaryl/α,β-unsaturated/α-hetero) is 1. The van der Waals surface area contributed by atoms with E-state index in [0.29, 0.717) is 6.42 Å². The van der Waals surface area contributed by atoms with Crippen LogP contribution in [0.25, 0.3) is 0 Å². The topological polar surface area (TPSA) is 35.5 Å². The Morgan fingerprint density at radius 2 is 2.54 bits per heavy atom. The lowest BCUT2D eigenvalue weighted by molar-refractivity contribution is -0.126. The van der Waals surface area contributed by atoms with Crippen molar-refractivity contribution in [3.8, 4) is 12.3 Å². The molecule has 13 heavy (non-hydrogen) atoms. The molecule has 0 N–H and O–H groups in total. The molecule has 0 aromatic carbocycles. The number of alkyl halides is 1. The third kappa shape index (κ3) is 1.41. The van der Waals surface area contributed by atoms with Crippen LogP contribution in [0.1, 0.15) is 6.42 Å². The van der Waals surface area contributed by atoms with Crippen LogP contribution in [0, 0.1) is 12.3 Å². The zero-order valence-electron chi connectivity index (χ0n) is 6.90. The summed E-state index contributed by atoms with van der Waals surface area (Å²) in [6.45, 7) is 0.229. The smallest absolute Gasteiger partial charge is 0.166 e. The van der Waals surface area contributed by atoms with Gasteiger partial charge in [-0.15, -0.1) is 6.42 Å². The van der Waals surface area contributed by atoms with Gasteiger partial charge in [-0.1, -0.05) is 21.9 Å². The summed E-state index contributed by atoms with van der Waals surface area (Å²) in [5.41, 5.74) is 0. The zero-order valence-corrected chi connectivity index (χ0v) is 8.49. The molecular weight excluding hydrogens is 236 g/mol. The molecule has 2 heterocycles. The highest BCUT2D eigenvalue weighted by Crippen LogP contribution is 2.38. The van der Waals surface area contributed by atoms with Gasteiger partial charge in [0, 0.05) is 6.42 Å². The third-order valence-electron chi connectivity index (χ3n) is 2.37. The zero-order chi connectivity index (χ0) is 9.42. The van der Waals surface area contributed by atoms with E-state index in [-0.39, 0.29) is 29.4 Å². The molecule has 0 spiro atoms. The predicted octanol–water partition coefficient (Wildman–Crippen LogP) is 0.508. The molecule has 2 bridgehead atoms. The molecule has 70 valence electrons. The molecular formula is C9H9BrO3. The van der Waals surface area contributed by atoms with Gasteiger partial charge in [0.15, 0.2) is 5.78 Å². The fourth-order valence-corrected chi connectivity index (χ4v) is 2.52. The van der Waals surface area contributed by atoms with Crippen molar-refractivity contribution in [3.63, 3.8) is 0 Å². The third-order valence-corrected chi connectivity index (χ3v) is 3.48. The number of carbonyl (C=O) groups is 1. The summed E-state index contributed by atoms with van der Waals surface area (Å²) in [6, 6.07) is 0. The first-order valence-electron chi connectivity index (χ1n) is 4.11. The van der Waals surface area contributed by atoms with Crippen molar-refractivity contribution in [2.45, 2.75) is 29.6 Å². The van der Waals surface area contributed by atoms with Gasteiger partial charge in [0.05, 0.1) is 10.9 Å². The molecule has 4 atom stereocenters. The molecule has 2 saturated heterocycles. The summed E-state index contributed by atoms with van der Waals surface area (Å²) in [4.78, 5) is 11.4. The van der Waals surface area contributed by atoms with Crippen molar-refractivity contribution >= 4 is 21.7 Å². The van der Waals surface area contributed by atoms with Crippen LogP contribution in [0.2, 0.25) is 0 Å². The second-order valence-corrected chi connectivity index (χ2v) is 4.25. The number of ether oxygens (including phenoxy) is 2. The number of hydrogen-bond donors (Lipinski definition) is 0. The summed E-state index contributed by atoms with van der Waals surface area (Å²) in [6.07, 6.45) is 4.93. The van der Waals surface area contributed by atoms with Crippen molar-refractivity contribution in [2.24, 2.45) is 0 Å². The number of fused-ring (bicyclic) bond motifs is 2. The van der Waals surface area contributed by atoms with Crippen molar-refractivity contribution in [1.82, 2.24) is 0 Å². The number of carbonyl (C=O) groups excluding carboxylic acids is 1. The van der Waals surface area contributed by atoms with Gasteiger partial charge in [-0.3, -0.25) is 4.79 Å². The Labute approximate surface area is 84.9 Å². The summed E-state index contributed by atoms with van der Waals surface area (Å²) in [7, 11) is 0. The van der Waals surface area contributed by atoms with E-state index in [0.717, 1.165) is 0 Å². The highest BCUT2D eigenvalue weighted by Gasteiger charge is 2.53. The molecule has 0 saturated carbocycles. The Balaban J connectivity index is 2.04. The van der Waals surface area contributed by atoms with Crippen LogP contribution in [0.15, 0.2) is 0 Å². The average molecular weight is 245 g/mol. The van der Waals surface area contributed by atoms with Crippen LogP contribution < -0.4 is 0 Å². The SMILES string of the molecule is C#CCO[C@@H]1[C@@H](Br)[C@@H]2CC(=O)[C@H]1O2. The minimum absolute atomic E-state index is 0.0275. The molecule has 3 nitrogen and oxygen atoms in total. The van der Waals surface area contributed by atoms with Crippen LogP contribution in [0.5, 0.6) is 0 Å². The monoisotopic (exact) mass is 244 g/mol. The highest BCUT2D eigenvalue weighted by atomic mass is 79.9. The quantitative estimate of drug-likeness (QED) is 0.525. The van der Waals surface area contributed by atoms with Crippen LogP contribution in [-0.2, 0) is 14.3 Å². The van der Waals surface area contributed by atoms with Gasteiger partial charge in [0.2, 0.25) is 0 Å². The molecule has 0 aromatic heterocycles. The number of terminal acetylenes is 1. The van der Waals surface area contributed by atoms with E-state index in [4.69, 9.17) is 15.9 Å². The summed E-state index contributed by atoms with van der Waals surface area (Å²) >= 11 is 3.45. The van der Waals surface area contributed by atoms with E-state index in [1.165, 1.54) is 0 Å². The maximum absolute atomic E-state index is 11.3. The average Bonchev–Trinajstić information content (AvgIpc) is 2.60. The Bertz CT molecular complexity index is 271. The van der Waals surface area contributed by atoms with Crippen LogP contribution >= 0.6 is 15.9 Å². The fraction of sp³-hybridized carbons (Fsp3) is 0.667. The van der Waals surface area contributed by atoms with Crippen molar-refractivity contribution in [1.29, 1.82) is 0 Å². The van der Waals surface area contributed by atoms with Gasteiger partial charge in [0.25, 0.3) is 0 Å². The largest absolute Gasteiger partial charge is 0.363 e. The molecule has 2 rings (SSSR count). The van der Waals surface area contributed by atoms with Gasteiger partial charge < -0.3 is 9.47 Å². The van der Waals surface area contributed by atoms with Crippen LogP contribution in [0.4, 0.5) is 0 Å². The maximum Gasteiger partial charge on any atom is 0.166 e. The van der Waals surface area contributed by atoms with Crippen molar-refractivity contribution in [3.05, 3.63) is 0 Å². The number of hydrogen-bond acceptors (Lipinski definition) is 3. The minimum atomic E-state index is -0.400. The van der Waals surface area contributed by atoms with E-state index in [1.54, 1.807) is 0 Å². The molecule has 0 aliphatic carbocycles. The molecule has 2 aliphatic heterocycles. The Morgan fingerprint density at radius 3 is 3.15 bits per heavy atom. The van der Waals surface area contributed by atoms with Gasteiger partial charge in [-0.2, -0.15) is 0 Å². The normalized spacial score (nSPS) is 42.3. The lowest BCUT2D eigenvalue weighted by atomic mass is 9.96. The van der Waals surface area contributed by atoms with Gasteiger partial charge in [-0.05, 0) is 0 Å². The lowest BCUT2D eigenvalue weighted by Gasteiger charge is -2.21. The van der Waals surface area contributed by atoms with Gasteiger partial charge in [-0.25, -0.2) is 0 Å². The van der Waals surface area contributed by atoms with Crippen molar-refractivity contribution in [2.75, 3.05) is 6.61 Å². The Hall–Kier alpha value is -0.370. The van der Waals surface area contributed by atoms with Crippen LogP contribution in [0.3, 0.4) is 0 Å². The molecule has 2 fully saturated rings. The first kappa shape index (κ1) is 9.20. The standard InChI is InChI=1S/C9H9BrO3/c1-2-3-12-9-7(10)6-4-5(11)8(9)13-6/h1,6-9H,3-4H2/t6-,7-,8+,9+/m0/s1. The first-order valence-corrected chi connectivity index (χ1v) is 5.03. The summed E-state index contributed by atoms with van der Waals surface area (Å²) in [5.74, 6) is 2.51. The van der Waals surface area contributed by atoms with Crippen LogP contribution in [-0.4, -0.2) is 35.5 Å². The summed E-state index contributed by atoms with van der Waals surface area (Å²) in [5, 5.41) is 0. The molecule has 0 amide bonds. The molecule has 0 aromatic rings. The maximum atomic E-state index is 11.3.